The summed E-state index contributed by atoms with van der Waals surface area (Å²) in [6.07, 6.45) is 0.172. The van der Waals surface area contributed by atoms with Crippen LogP contribution in [0.4, 0.5) is 5.69 Å². The van der Waals surface area contributed by atoms with Crippen LogP contribution in [0, 0.1) is 0 Å². The standard InChI is InChI=1S/C13H18N2O3/c1-3-14-11-7-5-4-6-10(11)13(17)15-9-8-12(16)18-2/h4-7,14H,3,8-9H2,1-2H3,(H,15,17). The summed E-state index contributed by atoms with van der Waals surface area (Å²) in [5.74, 6) is -0.536. The zero-order valence-corrected chi connectivity index (χ0v) is 10.7. The second-order valence-electron chi connectivity index (χ2n) is 3.66. The molecule has 0 spiro atoms. The number of esters is 1. The first kappa shape index (κ1) is 14.0. The number of hydrogen-bond donors (Lipinski definition) is 2. The number of methoxy groups -OCH3 is 1. The maximum Gasteiger partial charge on any atom is 0.307 e. The monoisotopic (exact) mass is 250 g/mol. The molecule has 0 aliphatic carbocycles. The molecule has 2 N–H and O–H groups in total. The quantitative estimate of drug-likeness (QED) is 0.749. The molecule has 0 unspecified atom stereocenters. The molecule has 1 rings (SSSR count). The van der Waals surface area contributed by atoms with Gasteiger partial charge in [0.25, 0.3) is 5.91 Å². The number of nitrogens with one attached hydrogen (secondary N) is 2. The van der Waals surface area contributed by atoms with E-state index in [-0.39, 0.29) is 24.8 Å². The number of anilines is 1. The Balaban J connectivity index is 2.58. The second-order valence-corrected chi connectivity index (χ2v) is 3.66. The number of benzene rings is 1. The lowest BCUT2D eigenvalue weighted by Gasteiger charge is -2.10. The first-order chi connectivity index (χ1) is 8.69. The predicted molar refractivity (Wildman–Crippen MR) is 69.6 cm³/mol. The molecule has 1 amide bonds. The number of carbonyl (C=O) groups excluding carboxylic acids is 2. The lowest BCUT2D eigenvalue weighted by molar-refractivity contribution is -0.140. The van der Waals surface area contributed by atoms with Crippen LogP contribution >= 0.6 is 0 Å². The van der Waals surface area contributed by atoms with Gasteiger partial charge in [0, 0.05) is 18.8 Å². The van der Waals surface area contributed by atoms with Crippen LogP contribution < -0.4 is 10.6 Å². The lowest BCUT2D eigenvalue weighted by atomic mass is 10.1. The molecule has 0 aromatic heterocycles. The van der Waals surface area contributed by atoms with Crippen molar-refractivity contribution in [2.24, 2.45) is 0 Å². The minimum Gasteiger partial charge on any atom is -0.469 e. The first-order valence-corrected chi connectivity index (χ1v) is 5.87. The maximum absolute atomic E-state index is 11.9. The largest absolute Gasteiger partial charge is 0.469 e. The van der Waals surface area contributed by atoms with Crippen LogP contribution in [0.5, 0.6) is 0 Å². The van der Waals surface area contributed by atoms with Gasteiger partial charge in [0.2, 0.25) is 0 Å². The zero-order valence-electron chi connectivity index (χ0n) is 10.7. The molecule has 0 fully saturated rings. The van der Waals surface area contributed by atoms with E-state index in [1.165, 1.54) is 7.11 Å². The fourth-order valence-corrected chi connectivity index (χ4v) is 1.50. The summed E-state index contributed by atoms with van der Waals surface area (Å²) in [4.78, 5) is 22.8. The molecule has 0 heterocycles. The molecule has 0 bridgehead atoms. The maximum atomic E-state index is 11.9. The van der Waals surface area contributed by atoms with Gasteiger partial charge in [-0.25, -0.2) is 0 Å². The van der Waals surface area contributed by atoms with Crippen molar-refractivity contribution in [3.8, 4) is 0 Å². The Morgan fingerprint density at radius 1 is 1.28 bits per heavy atom. The summed E-state index contributed by atoms with van der Waals surface area (Å²) in [6.45, 7) is 2.98. The molecule has 0 aliphatic heterocycles. The summed E-state index contributed by atoms with van der Waals surface area (Å²) >= 11 is 0. The van der Waals surface area contributed by atoms with Gasteiger partial charge in [-0.2, -0.15) is 0 Å². The Labute approximate surface area is 107 Å². The van der Waals surface area contributed by atoms with Crippen molar-refractivity contribution in [2.45, 2.75) is 13.3 Å². The molecule has 18 heavy (non-hydrogen) atoms. The highest BCUT2D eigenvalue weighted by Crippen LogP contribution is 2.14. The van der Waals surface area contributed by atoms with E-state index >= 15 is 0 Å². The number of rotatable bonds is 6. The van der Waals surface area contributed by atoms with E-state index in [0.717, 1.165) is 12.2 Å². The highest BCUT2D eigenvalue weighted by Gasteiger charge is 2.10. The molecule has 5 nitrogen and oxygen atoms in total. The van der Waals surface area contributed by atoms with Gasteiger partial charge < -0.3 is 15.4 Å². The first-order valence-electron chi connectivity index (χ1n) is 5.87. The van der Waals surface area contributed by atoms with Crippen molar-refractivity contribution in [1.29, 1.82) is 0 Å². The van der Waals surface area contributed by atoms with E-state index in [1.54, 1.807) is 12.1 Å². The molecule has 0 atom stereocenters. The van der Waals surface area contributed by atoms with E-state index in [0.29, 0.717) is 5.56 Å². The van der Waals surface area contributed by atoms with E-state index in [2.05, 4.69) is 15.4 Å². The van der Waals surface area contributed by atoms with Gasteiger partial charge in [0.1, 0.15) is 0 Å². The smallest absolute Gasteiger partial charge is 0.307 e. The van der Waals surface area contributed by atoms with Gasteiger partial charge in [0.05, 0.1) is 19.1 Å². The molecule has 0 radical (unpaired) electrons. The summed E-state index contributed by atoms with van der Waals surface area (Å²) < 4.78 is 4.50. The van der Waals surface area contributed by atoms with Crippen molar-refractivity contribution in [1.82, 2.24) is 5.32 Å². The van der Waals surface area contributed by atoms with Crippen LogP contribution in [0.2, 0.25) is 0 Å². The van der Waals surface area contributed by atoms with Gasteiger partial charge in [-0.3, -0.25) is 9.59 Å². The van der Waals surface area contributed by atoms with E-state index in [1.807, 2.05) is 19.1 Å². The van der Waals surface area contributed by atoms with Crippen LogP contribution in [0.3, 0.4) is 0 Å². The third-order valence-corrected chi connectivity index (χ3v) is 2.38. The number of carbonyl (C=O) groups is 2. The number of hydrogen-bond acceptors (Lipinski definition) is 4. The molecule has 5 heteroatoms. The summed E-state index contributed by atoms with van der Waals surface area (Å²) in [5, 5.41) is 5.80. The van der Waals surface area contributed by atoms with Gasteiger partial charge in [-0.05, 0) is 19.1 Å². The Morgan fingerprint density at radius 3 is 2.67 bits per heavy atom. The van der Waals surface area contributed by atoms with Crippen LogP contribution in [0.15, 0.2) is 24.3 Å². The summed E-state index contributed by atoms with van der Waals surface area (Å²) in [7, 11) is 1.32. The van der Waals surface area contributed by atoms with Crippen LogP contribution in [-0.2, 0) is 9.53 Å². The average molecular weight is 250 g/mol. The highest BCUT2D eigenvalue weighted by molar-refractivity contribution is 5.99. The second kappa shape index (κ2) is 7.32. The lowest BCUT2D eigenvalue weighted by Crippen LogP contribution is -2.27. The van der Waals surface area contributed by atoms with Crippen molar-refractivity contribution in [2.75, 3.05) is 25.5 Å². The molecule has 1 aromatic carbocycles. The minimum absolute atomic E-state index is 0.172. The number of ether oxygens (including phenoxy) is 1. The van der Waals surface area contributed by atoms with Crippen molar-refractivity contribution >= 4 is 17.6 Å². The van der Waals surface area contributed by atoms with Gasteiger partial charge >= 0.3 is 5.97 Å². The molecular formula is C13H18N2O3. The molecule has 0 saturated heterocycles. The highest BCUT2D eigenvalue weighted by atomic mass is 16.5. The fourth-order valence-electron chi connectivity index (χ4n) is 1.50. The molecule has 0 aliphatic rings. The Hall–Kier alpha value is -2.04. The third kappa shape index (κ3) is 4.08. The number of amides is 1. The van der Waals surface area contributed by atoms with E-state index in [4.69, 9.17) is 0 Å². The Morgan fingerprint density at radius 2 is 2.00 bits per heavy atom. The summed E-state index contributed by atoms with van der Waals surface area (Å²) in [5.41, 5.74) is 1.36. The van der Waals surface area contributed by atoms with Crippen LogP contribution in [0.25, 0.3) is 0 Å². The van der Waals surface area contributed by atoms with Gasteiger partial charge in [0.15, 0.2) is 0 Å². The van der Waals surface area contributed by atoms with Gasteiger partial charge in [-0.1, -0.05) is 12.1 Å². The average Bonchev–Trinajstić information content (AvgIpc) is 2.39. The molecular weight excluding hydrogens is 232 g/mol. The zero-order chi connectivity index (χ0) is 13.4. The van der Waals surface area contributed by atoms with Crippen molar-refractivity contribution in [3.05, 3.63) is 29.8 Å². The normalized spacial score (nSPS) is 9.67. The Bertz CT molecular complexity index is 418. The van der Waals surface area contributed by atoms with Gasteiger partial charge in [-0.15, -0.1) is 0 Å². The molecule has 98 valence electrons. The molecule has 0 saturated carbocycles. The molecule has 1 aromatic rings. The SMILES string of the molecule is CCNc1ccccc1C(=O)NCCC(=O)OC. The van der Waals surface area contributed by atoms with E-state index < -0.39 is 0 Å². The Kier molecular flexibility index (Phi) is 5.70. The third-order valence-electron chi connectivity index (χ3n) is 2.38. The van der Waals surface area contributed by atoms with Crippen LogP contribution in [0.1, 0.15) is 23.7 Å². The number of para-hydroxylation sites is 1. The predicted octanol–water partition coefficient (Wildman–Crippen LogP) is 1.41. The van der Waals surface area contributed by atoms with E-state index in [9.17, 15) is 9.59 Å². The van der Waals surface area contributed by atoms with Crippen LogP contribution in [-0.4, -0.2) is 32.1 Å². The minimum atomic E-state index is -0.338. The topological polar surface area (TPSA) is 67.4 Å². The van der Waals surface area contributed by atoms with Crippen molar-refractivity contribution < 1.29 is 14.3 Å². The fraction of sp³-hybridized carbons (Fsp3) is 0.385. The summed E-state index contributed by atoms with van der Waals surface area (Å²) in [6, 6.07) is 7.25. The van der Waals surface area contributed by atoms with Crippen molar-refractivity contribution in [3.63, 3.8) is 0 Å².